The van der Waals surface area contributed by atoms with Gasteiger partial charge in [-0.2, -0.15) is 0 Å². The van der Waals surface area contributed by atoms with Crippen LogP contribution in [0.4, 0.5) is 0 Å². The van der Waals surface area contributed by atoms with Gasteiger partial charge in [-0.3, -0.25) is 19.2 Å². The van der Waals surface area contributed by atoms with Gasteiger partial charge < -0.3 is 19.3 Å². The molecule has 35 heavy (non-hydrogen) atoms. The fourth-order valence-corrected chi connectivity index (χ4v) is 7.74. The van der Waals surface area contributed by atoms with Crippen molar-refractivity contribution in [3.8, 4) is 0 Å². The number of carboxylic acid groups (broad SMARTS) is 1. The van der Waals surface area contributed by atoms with Crippen LogP contribution in [-0.2, 0) is 33.4 Å². The van der Waals surface area contributed by atoms with Crippen molar-refractivity contribution in [3.63, 3.8) is 0 Å². The smallest absolute Gasteiger partial charge is 0.309 e. The molecule has 8 nitrogen and oxygen atoms in total. The van der Waals surface area contributed by atoms with Gasteiger partial charge in [0.1, 0.15) is 18.8 Å². The lowest BCUT2D eigenvalue weighted by Gasteiger charge is -2.57. The first kappa shape index (κ1) is 25.7. The summed E-state index contributed by atoms with van der Waals surface area (Å²) in [6.45, 7) is 5.04. The zero-order chi connectivity index (χ0) is 25.2. The summed E-state index contributed by atoms with van der Waals surface area (Å²) in [5.74, 6) is -0.0960. The summed E-state index contributed by atoms with van der Waals surface area (Å²) in [6, 6.07) is 0. The Morgan fingerprint density at radius 2 is 1.77 bits per heavy atom. The summed E-state index contributed by atoms with van der Waals surface area (Å²) < 4.78 is 16.1. The number of carbonyl (C=O) groups is 4. The normalized spacial score (nSPS) is 37.7. The number of carboxylic acids is 1. The predicted molar refractivity (Wildman–Crippen MR) is 125 cm³/mol. The van der Waals surface area contributed by atoms with E-state index in [-0.39, 0.29) is 54.9 Å². The second-order valence-electron chi connectivity index (χ2n) is 11.3. The van der Waals surface area contributed by atoms with E-state index in [0.717, 1.165) is 51.4 Å². The van der Waals surface area contributed by atoms with Crippen LogP contribution in [0.3, 0.4) is 0 Å². The van der Waals surface area contributed by atoms with Crippen molar-refractivity contribution < 1.29 is 38.5 Å². The number of rotatable bonds is 9. The lowest BCUT2D eigenvalue weighted by molar-refractivity contribution is -0.161. The predicted octanol–water partition coefficient (Wildman–Crippen LogP) is 4.20. The summed E-state index contributed by atoms with van der Waals surface area (Å²) in [5.41, 5.74) is 1.45. The molecular formula is C27H38O8. The Balaban J connectivity index is 1.39. The highest BCUT2D eigenvalue weighted by atomic mass is 16.6. The van der Waals surface area contributed by atoms with Gasteiger partial charge in [0.25, 0.3) is 6.47 Å². The van der Waals surface area contributed by atoms with E-state index < -0.39 is 11.9 Å². The molecular weight excluding hydrogens is 452 g/mol. The molecule has 0 amide bonds. The van der Waals surface area contributed by atoms with Crippen LogP contribution in [0.25, 0.3) is 0 Å². The molecule has 4 rings (SSSR count). The molecule has 0 spiro atoms. The van der Waals surface area contributed by atoms with Gasteiger partial charge in [0.2, 0.25) is 0 Å². The number of aliphatic carboxylic acids is 1. The van der Waals surface area contributed by atoms with E-state index in [1.807, 2.05) is 0 Å². The Hall–Kier alpha value is -2.38. The molecule has 0 aromatic carbocycles. The molecule has 0 radical (unpaired) electrons. The first-order valence-electron chi connectivity index (χ1n) is 13.0. The maximum absolute atomic E-state index is 12.3. The number of allylic oxidation sites excluding steroid dienone is 1. The van der Waals surface area contributed by atoms with Crippen LogP contribution in [0, 0.1) is 28.6 Å². The topological polar surface area (TPSA) is 116 Å². The van der Waals surface area contributed by atoms with Crippen molar-refractivity contribution in [3.05, 3.63) is 11.6 Å². The third-order valence-corrected chi connectivity index (χ3v) is 9.58. The number of esters is 2. The molecule has 4 aliphatic rings. The van der Waals surface area contributed by atoms with Gasteiger partial charge in [-0.15, -0.1) is 0 Å². The monoisotopic (exact) mass is 490 g/mol. The number of fused-ring (bicyclic) bond motifs is 5. The van der Waals surface area contributed by atoms with Crippen molar-refractivity contribution in [1.82, 2.24) is 0 Å². The molecule has 8 heteroatoms. The summed E-state index contributed by atoms with van der Waals surface area (Å²) in [6.07, 6.45) is 9.53. The minimum atomic E-state index is -0.979. The van der Waals surface area contributed by atoms with Crippen LogP contribution >= 0.6 is 0 Å². The zero-order valence-electron chi connectivity index (χ0n) is 20.8. The second kappa shape index (κ2) is 10.3. The van der Waals surface area contributed by atoms with Crippen molar-refractivity contribution in [2.24, 2.45) is 28.6 Å². The van der Waals surface area contributed by atoms with Gasteiger partial charge in [0.05, 0.1) is 19.3 Å². The first-order chi connectivity index (χ1) is 16.7. The number of carbonyl (C=O) groups excluding carboxylic acids is 3. The van der Waals surface area contributed by atoms with Crippen LogP contribution in [0.1, 0.15) is 84.5 Å². The van der Waals surface area contributed by atoms with Crippen LogP contribution < -0.4 is 0 Å². The molecule has 0 bridgehead atoms. The molecule has 0 aromatic rings. The molecule has 3 fully saturated rings. The van der Waals surface area contributed by atoms with Crippen molar-refractivity contribution in [2.45, 2.75) is 96.7 Å². The lowest BCUT2D eigenvalue weighted by Crippen LogP contribution is -2.51. The highest BCUT2D eigenvalue weighted by molar-refractivity contribution is 5.76. The first-order valence-corrected chi connectivity index (χ1v) is 13.0. The van der Waals surface area contributed by atoms with Crippen LogP contribution in [0.5, 0.6) is 0 Å². The zero-order valence-corrected chi connectivity index (χ0v) is 20.8. The summed E-state index contributed by atoms with van der Waals surface area (Å²) in [4.78, 5) is 45.4. The van der Waals surface area contributed by atoms with E-state index in [9.17, 15) is 19.2 Å². The molecule has 0 saturated heterocycles. The third kappa shape index (κ3) is 5.12. The molecule has 4 aliphatic carbocycles. The Labute approximate surface area is 206 Å². The average Bonchev–Trinajstić information content (AvgIpc) is 3.14. The van der Waals surface area contributed by atoms with E-state index in [2.05, 4.69) is 24.7 Å². The third-order valence-electron chi connectivity index (χ3n) is 9.58. The highest BCUT2D eigenvalue weighted by Gasteiger charge is 2.59. The van der Waals surface area contributed by atoms with Gasteiger partial charge in [-0.25, -0.2) is 0 Å². The van der Waals surface area contributed by atoms with Crippen LogP contribution in [-0.4, -0.2) is 48.3 Å². The molecule has 0 aromatic heterocycles. The van der Waals surface area contributed by atoms with Crippen molar-refractivity contribution in [1.29, 1.82) is 0 Å². The Bertz CT molecular complexity index is 880. The van der Waals surface area contributed by atoms with Crippen molar-refractivity contribution >= 4 is 24.4 Å². The minimum absolute atomic E-state index is 0.0508. The Kier molecular flexibility index (Phi) is 7.57. The van der Waals surface area contributed by atoms with Crippen LogP contribution in [0.2, 0.25) is 0 Å². The molecule has 0 heterocycles. The second-order valence-corrected chi connectivity index (χ2v) is 11.3. The molecule has 194 valence electrons. The van der Waals surface area contributed by atoms with E-state index >= 15 is 0 Å². The number of hydrogen-bond acceptors (Lipinski definition) is 7. The quantitative estimate of drug-likeness (QED) is 0.168. The Morgan fingerprint density at radius 1 is 1.00 bits per heavy atom. The molecule has 3 unspecified atom stereocenters. The van der Waals surface area contributed by atoms with Gasteiger partial charge in [-0.05, 0) is 68.1 Å². The largest absolute Gasteiger partial charge is 0.481 e. The summed E-state index contributed by atoms with van der Waals surface area (Å²) in [5, 5.41) is 8.86. The maximum Gasteiger partial charge on any atom is 0.309 e. The van der Waals surface area contributed by atoms with Crippen molar-refractivity contribution in [2.75, 3.05) is 6.61 Å². The van der Waals surface area contributed by atoms with E-state index in [4.69, 9.17) is 14.6 Å². The fourth-order valence-electron chi connectivity index (χ4n) is 7.74. The average molecular weight is 491 g/mol. The summed E-state index contributed by atoms with van der Waals surface area (Å²) in [7, 11) is 0. The van der Waals surface area contributed by atoms with Gasteiger partial charge >= 0.3 is 17.9 Å². The Morgan fingerprint density at radius 3 is 2.51 bits per heavy atom. The summed E-state index contributed by atoms with van der Waals surface area (Å²) >= 11 is 0. The van der Waals surface area contributed by atoms with Gasteiger partial charge in [0, 0.05) is 11.8 Å². The standard InChI is InChI=1S/C27H38O8/c1-26-12-9-18(34-25(32)11-14-33-16-28)15-17(26)3-4-19-20-5-6-22(27(20,2)13-10-21(19)26)35-24(31)8-7-23(29)30/h3,16,18-22H,4-15H2,1-2H3,(H,29,30)/t18-,19?,20?,21?,22-,26-,27-/m0/s1. The fraction of sp³-hybridized carbons (Fsp3) is 0.778. The SMILES string of the molecule is C[C@]12CC[C@H](OC(=O)CCOC=O)CC1=CCC1C2CC[C@@]2(C)C1CC[C@@H]2OC(=O)CCC(=O)O. The highest BCUT2D eigenvalue weighted by Crippen LogP contribution is 2.65. The number of hydrogen-bond donors (Lipinski definition) is 1. The maximum atomic E-state index is 12.3. The molecule has 3 saturated carbocycles. The minimum Gasteiger partial charge on any atom is -0.481 e. The van der Waals surface area contributed by atoms with Gasteiger partial charge in [0.15, 0.2) is 0 Å². The van der Waals surface area contributed by atoms with E-state index in [1.165, 1.54) is 5.57 Å². The molecule has 1 N–H and O–H groups in total. The lowest BCUT2D eigenvalue weighted by atomic mass is 9.48. The van der Waals surface area contributed by atoms with Crippen LogP contribution in [0.15, 0.2) is 11.6 Å². The van der Waals surface area contributed by atoms with Gasteiger partial charge in [-0.1, -0.05) is 25.5 Å². The molecule has 7 atom stereocenters. The van der Waals surface area contributed by atoms with E-state index in [1.54, 1.807) is 0 Å². The number of ether oxygens (including phenoxy) is 3. The van der Waals surface area contributed by atoms with E-state index in [0.29, 0.717) is 24.2 Å². The molecule has 0 aliphatic heterocycles.